The second kappa shape index (κ2) is 6.50. The van der Waals surface area contributed by atoms with Gasteiger partial charge in [0.2, 0.25) is 0 Å². The molecule has 106 valence electrons. The average Bonchev–Trinajstić information content (AvgIpc) is 2.35. The molecule has 19 heavy (non-hydrogen) atoms. The third-order valence-electron chi connectivity index (χ3n) is 2.86. The van der Waals surface area contributed by atoms with E-state index < -0.39 is 16.8 Å². The molecule has 0 saturated carbocycles. The van der Waals surface area contributed by atoms with Crippen LogP contribution in [0.25, 0.3) is 0 Å². The van der Waals surface area contributed by atoms with Crippen molar-refractivity contribution in [1.82, 2.24) is 0 Å². The first kappa shape index (κ1) is 16.1. The molecule has 0 spiro atoms. The number of carboxylic acids is 1. The van der Waals surface area contributed by atoms with Gasteiger partial charge in [-0.05, 0) is 32.0 Å². The minimum Gasteiger partial charge on any atom is -0.496 e. The van der Waals surface area contributed by atoms with E-state index in [1.165, 1.54) is 11.8 Å². The van der Waals surface area contributed by atoms with Crippen LogP contribution in [0.15, 0.2) is 18.2 Å². The van der Waals surface area contributed by atoms with Crippen molar-refractivity contribution >= 4 is 29.3 Å². The van der Waals surface area contributed by atoms with Gasteiger partial charge in [-0.2, -0.15) is 0 Å². The number of methoxy groups -OCH3 is 1. The van der Waals surface area contributed by atoms with Gasteiger partial charge in [0.1, 0.15) is 11.8 Å². The predicted octanol–water partition coefficient (Wildman–Crippen LogP) is 2.77. The zero-order chi connectivity index (χ0) is 14.6. The van der Waals surface area contributed by atoms with E-state index >= 15 is 0 Å². The van der Waals surface area contributed by atoms with Crippen molar-refractivity contribution in [3.63, 3.8) is 0 Å². The van der Waals surface area contributed by atoms with Gasteiger partial charge in [0.05, 0.1) is 7.11 Å². The lowest BCUT2D eigenvalue weighted by atomic mass is 10.1. The highest BCUT2D eigenvalue weighted by Gasteiger charge is 2.32. The third-order valence-corrected chi connectivity index (χ3v) is 4.55. The Morgan fingerprint density at radius 1 is 1.58 bits per heavy atom. The largest absolute Gasteiger partial charge is 0.496 e. The molecule has 1 atom stereocenters. The van der Waals surface area contributed by atoms with Crippen LogP contribution in [0.5, 0.6) is 5.75 Å². The van der Waals surface area contributed by atoms with Crippen molar-refractivity contribution in [1.29, 1.82) is 0 Å². The molecule has 4 nitrogen and oxygen atoms in total. The summed E-state index contributed by atoms with van der Waals surface area (Å²) < 4.78 is 4.67. The fraction of sp³-hybridized carbons (Fsp3) is 0.462. The number of rotatable bonds is 6. The Balaban J connectivity index is 2.81. The Morgan fingerprint density at radius 3 is 2.74 bits per heavy atom. The number of aliphatic carboxylic acids is 1. The molecule has 0 fully saturated rings. The van der Waals surface area contributed by atoms with E-state index in [9.17, 15) is 4.79 Å². The fourth-order valence-corrected chi connectivity index (χ4v) is 2.74. The smallest absolute Gasteiger partial charge is 0.321 e. The summed E-state index contributed by atoms with van der Waals surface area (Å²) >= 11 is 7.42. The van der Waals surface area contributed by atoms with Gasteiger partial charge in [-0.25, -0.2) is 0 Å². The van der Waals surface area contributed by atoms with E-state index in [-0.39, 0.29) is 0 Å². The molecule has 0 aliphatic carbocycles. The maximum Gasteiger partial charge on any atom is 0.321 e. The molecular formula is C13H18ClNO3S. The monoisotopic (exact) mass is 303 g/mol. The van der Waals surface area contributed by atoms with Crippen LogP contribution in [0.2, 0.25) is 5.02 Å². The number of nitrogens with two attached hydrogens (primary N) is 1. The summed E-state index contributed by atoms with van der Waals surface area (Å²) in [5.41, 5.74) is 6.60. The fourth-order valence-electron chi connectivity index (χ4n) is 1.51. The van der Waals surface area contributed by atoms with Gasteiger partial charge >= 0.3 is 5.97 Å². The first-order valence-corrected chi connectivity index (χ1v) is 7.09. The maximum absolute atomic E-state index is 11.0. The molecule has 0 radical (unpaired) electrons. The van der Waals surface area contributed by atoms with Gasteiger partial charge in [0.15, 0.2) is 0 Å². The highest BCUT2D eigenvalue weighted by molar-refractivity contribution is 7.99. The topological polar surface area (TPSA) is 72.5 Å². The predicted molar refractivity (Wildman–Crippen MR) is 79.0 cm³/mol. The van der Waals surface area contributed by atoms with E-state index in [0.717, 1.165) is 11.3 Å². The second-order valence-corrected chi connectivity index (χ2v) is 6.73. The Morgan fingerprint density at radius 2 is 2.21 bits per heavy atom. The van der Waals surface area contributed by atoms with Crippen LogP contribution in [-0.2, 0) is 10.5 Å². The number of carboxylic acid groups (broad SMARTS) is 1. The summed E-state index contributed by atoms with van der Waals surface area (Å²) in [4.78, 5) is 11.0. The Hall–Kier alpha value is -0.910. The number of thioether (sulfide) groups is 1. The highest BCUT2D eigenvalue weighted by atomic mass is 35.5. The van der Waals surface area contributed by atoms with Crippen LogP contribution >= 0.6 is 23.4 Å². The van der Waals surface area contributed by atoms with Crippen LogP contribution in [-0.4, -0.2) is 29.0 Å². The quantitative estimate of drug-likeness (QED) is 0.845. The van der Waals surface area contributed by atoms with Crippen molar-refractivity contribution in [2.75, 3.05) is 7.11 Å². The van der Waals surface area contributed by atoms with Gasteiger partial charge < -0.3 is 15.6 Å². The highest BCUT2D eigenvalue weighted by Crippen LogP contribution is 2.34. The molecule has 1 aromatic carbocycles. The second-order valence-electron chi connectivity index (χ2n) is 4.66. The van der Waals surface area contributed by atoms with Crippen LogP contribution in [0.3, 0.4) is 0 Å². The number of carbonyl (C=O) groups is 1. The first-order valence-electron chi connectivity index (χ1n) is 5.72. The molecule has 3 N–H and O–H groups in total. The molecule has 0 aromatic heterocycles. The minimum absolute atomic E-state index is 0.581. The Bertz CT molecular complexity index is 465. The van der Waals surface area contributed by atoms with Crippen LogP contribution in [0.4, 0.5) is 0 Å². The lowest BCUT2D eigenvalue weighted by Crippen LogP contribution is -2.46. The zero-order valence-electron chi connectivity index (χ0n) is 11.1. The molecular weight excluding hydrogens is 286 g/mol. The lowest BCUT2D eigenvalue weighted by molar-refractivity contribution is -0.139. The molecule has 1 aromatic rings. The van der Waals surface area contributed by atoms with Gasteiger partial charge in [-0.1, -0.05) is 11.6 Å². The molecule has 0 aliphatic rings. The molecule has 1 rings (SSSR count). The summed E-state index contributed by atoms with van der Waals surface area (Å²) in [6.07, 6.45) is 0. The van der Waals surface area contributed by atoms with Crippen molar-refractivity contribution in [3.05, 3.63) is 28.8 Å². The standard InChI is InChI=1S/C13H18ClNO3S/c1-13(2,11(15)12(16)17)19-7-8-6-9(14)4-5-10(8)18-3/h4-6,11H,7,15H2,1-3H3,(H,16,17)/t11-/m1/s1. The van der Waals surface area contributed by atoms with E-state index in [0.29, 0.717) is 10.8 Å². The SMILES string of the molecule is COc1ccc(Cl)cc1CSC(C)(C)[C@H](N)C(=O)O. The summed E-state index contributed by atoms with van der Waals surface area (Å²) in [5.74, 6) is 0.310. The van der Waals surface area contributed by atoms with Crippen molar-refractivity contribution in [2.45, 2.75) is 30.4 Å². The molecule has 0 heterocycles. The van der Waals surface area contributed by atoms with Crippen LogP contribution < -0.4 is 10.5 Å². The van der Waals surface area contributed by atoms with Gasteiger partial charge in [-0.15, -0.1) is 11.8 Å². The van der Waals surface area contributed by atoms with Gasteiger partial charge in [-0.3, -0.25) is 4.79 Å². The van der Waals surface area contributed by atoms with Crippen molar-refractivity contribution < 1.29 is 14.6 Å². The van der Waals surface area contributed by atoms with Gasteiger partial charge in [0.25, 0.3) is 0 Å². The number of benzene rings is 1. The number of halogens is 1. The Kier molecular flexibility index (Phi) is 5.52. The first-order chi connectivity index (χ1) is 8.77. The van der Waals surface area contributed by atoms with Crippen molar-refractivity contribution in [2.24, 2.45) is 5.73 Å². The zero-order valence-corrected chi connectivity index (χ0v) is 12.7. The number of hydrogen-bond acceptors (Lipinski definition) is 4. The normalized spacial score (nSPS) is 13.1. The molecule has 0 saturated heterocycles. The summed E-state index contributed by atoms with van der Waals surface area (Å²) in [7, 11) is 1.59. The molecule has 0 bridgehead atoms. The number of hydrogen-bond donors (Lipinski definition) is 2. The molecule has 0 aliphatic heterocycles. The Labute approximate surface area is 122 Å². The number of ether oxygens (including phenoxy) is 1. The minimum atomic E-state index is -1.00. The van der Waals surface area contributed by atoms with E-state index in [2.05, 4.69) is 0 Å². The van der Waals surface area contributed by atoms with E-state index in [4.69, 9.17) is 27.2 Å². The molecule has 0 unspecified atom stereocenters. The average molecular weight is 304 g/mol. The van der Waals surface area contributed by atoms with Crippen LogP contribution in [0, 0.1) is 0 Å². The third kappa shape index (κ3) is 4.30. The summed E-state index contributed by atoms with van der Waals surface area (Å²) in [5, 5.41) is 9.60. The van der Waals surface area contributed by atoms with Crippen LogP contribution in [0.1, 0.15) is 19.4 Å². The van der Waals surface area contributed by atoms with E-state index in [1.807, 2.05) is 19.9 Å². The molecule has 6 heteroatoms. The van der Waals surface area contributed by atoms with E-state index in [1.54, 1.807) is 19.2 Å². The maximum atomic E-state index is 11.0. The molecule has 0 amide bonds. The van der Waals surface area contributed by atoms with Crippen molar-refractivity contribution in [3.8, 4) is 5.75 Å². The summed E-state index contributed by atoms with van der Waals surface area (Å²) in [6, 6.07) is 4.43. The lowest BCUT2D eigenvalue weighted by Gasteiger charge is -2.28. The van der Waals surface area contributed by atoms with Gasteiger partial charge in [0, 0.05) is 21.1 Å². The summed E-state index contributed by atoms with van der Waals surface area (Å²) in [6.45, 7) is 3.63.